The van der Waals surface area contributed by atoms with Crippen molar-refractivity contribution in [2.24, 2.45) is 23.5 Å². The largest absolute Gasteiger partial charge is 0.481 e. The van der Waals surface area contributed by atoms with Gasteiger partial charge < -0.3 is 54.6 Å². The van der Waals surface area contributed by atoms with Crippen LogP contribution in [-0.4, -0.2) is 130 Å². The first kappa shape index (κ1) is 117. The third-order valence-electron chi connectivity index (χ3n) is 24.8. The molecule has 1 amide bonds. The molecular weight excluding hydrogens is 1770 g/mol. The van der Waals surface area contributed by atoms with E-state index < -0.39 is 69.7 Å². The fourth-order valence-electron chi connectivity index (χ4n) is 16.8. The SMILES string of the molecule is C#CCCCCCCCC(C(=O)O)C(O)CCc1ccc(C(=O)c2ccccc2)cc1.C#CCCCCCCCC(C(N)=O)C(O)CCc1ccc(C(=O)c2ccccc2)cc1.CC(=O)C(CCCCCCCC#C[Si](C)(C)C)C(O)CCc1ccc(C2(c3ccccc3)OCCO2)cc1.COC(=O)CCCCCCCCC#C[Si](C)(C)C.O=CCCc1ccc(C2(c3ccccc3)OCCO2)cc1. The summed E-state index contributed by atoms with van der Waals surface area (Å²) in [6.07, 6.45) is 42.5. The number of aliphatic carboxylic acids is 1. The number of methoxy groups -OCH3 is 1. The second kappa shape index (κ2) is 66.8. The number of terminal acetylenes is 2. The number of esters is 1. The highest BCUT2D eigenvalue weighted by molar-refractivity contribution is 6.84. The number of aldehydes is 1. The van der Waals surface area contributed by atoms with E-state index in [4.69, 9.17) is 37.5 Å². The van der Waals surface area contributed by atoms with Crippen molar-refractivity contribution in [2.75, 3.05) is 33.5 Å². The first-order valence-corrected chi connectivity index (χ1v) is 57.7. The molecule has 0 aliphatic carbocycles. The van der Waals surface area contributed by atoms with Crippen LogP contribution < -0.4 is 5.73 Å². The molecule has 0 saturated carbocycles. The van der Waals surface area contributed by atoms with E-state index in [1.165, 1.54) is 45.6 Å². The number of rotatable bonds is 55. The number of carbonyl (C=O) groups excluding carboxylic acids is 6. The highest BCUT2D eigenvalue weighted by atomic mass is 28.3. The highest BCUT2D eigenvalue weighted by Gasteiger charge is 2.42. The van der Waals surface area contributed by atoms with Crippen molar-refractivity contribution in [1.82, 2.24) is 0 Å². The summed E-state index contributed by atoms with van der Waals surface area (Å²) in [4.78, 5) is 82.0. The standard InChI is InChI=1S/C33H46O4Si.C27H33NO3.C27H32O4.C18H18O3.C15H28O2Si/c1-27(34)31(17-13-8-6-5-7-9-14-26-38(2,3)4)32(35)23-20-28-18-21-30(22-19-28)33(36-24-25-37-33)29-15-11-10-12-16-29;1-2-3-4-5-6-7-11-14-24(27(28)31)25(29)20-17-21-15-18-23(19-16-21)26(30)22-12-9-8-10-13-22;1-2-3-4-5-6-7-11-14-24(27(30)31)25(28)20-17-21-15-18-23(19-16-21)26(29)22-12-9-8-10-13-22;19-12-4-5-15-8-10-17(11-9-15)18(20-13-14-21-18)16-6-2-1-3-7-16;1-17-15(16)13-11-9-7-5-6-8-10-12-14-18(2,3)4/h10-12,15-16,18-19,21-22,31-32,35H,5-9,13,17,20,23-25H2,1-4H3;1,8-10,12-13,15-16,18-19,24-25,29H,3-7,11,14,17,20H2,(H2,28,31);1,8-10,12-13,15-16,18-19,24-25,28H,3-7,11,14,17,20H2,(H,30,31);1-3,6-12H,4-5,13-14H2;5-11,13H2,1-4H3. The van der Waals surface area contributed by atoms with Gasteiger partial charge in [-0.25, -0.2) is 0 Å². The van der Waals surface area contributed by atoms with Crippen LogP contribution in [0.4, 0.5) is 0 Å². The van der Waals surface area contributed by atoms with Crippen LogP contribution in [-0.2, 0) is 84.9 Å². The Labute approximate surface area is 833 Å². The Morgan fingerprint density at radius 1 is 0.381 bits per heavy atom. The molecule has 2 fully saturated rings. The molecule has 6 atom stereocenters. The summed E-state index contributed by atoms with van der Waals surface area (Å²) in [5, 5.41) is 41.3. The maximum atomic E-state index is 12.5. The van der Waals surface area contributed by atoms with Gasteiger partial charge in [0.15, 0.2) is 11.6 Å². The van der Waals surface area contributed by atoms with E-state index in [-0.39, 0.29) is 29.2 Å². The monoisotopic (exact) mass is 1920 g/mol. The van der Waals surface area contributed by atoms with Crippen molar-refractivity contribution in [1.29, 1.82) is 0 Å². The number of hydrogen-bond acceptors (Lipinski definition) is 15. The Balaban J connectivity index is 0.000000272. The molecule has 746 valence electrons. The van der Waals surface area contributed by atoms with E-state index >= 15 is 0 Å². The number of unbranched alkanes of at least 4 members (excludes halogenated alkanes) is 21. The summed E-state index contributed by atoms with van der Waals surface area (Å²) in [6, 6.07) is 69.4. The van der Waals surface area contributed by atoms with Crippen LogP contribution in [0.2, 0.25) is 39.3 Å². The number of aryl methyl sites for hydroxylation is 4. The minimum absolute atomic E-state index is 0.0136. The Hall–Kier alpha value is -10.8. The zero-order chi connectivity index (χ0) is 101. The molecular formula is C120H157NO16Si2. The number of Topliss-reactive ketones (excluding diaryl/α,β-unsaturated/α-hetero) is 1. The van der Waals surface area contributed by atoms with E-state index in [9.17, 15) is 54.0 Å². The number of carboxylic acids is 1. The van der Waals surface area contributed by atoms with Gasteiger partial charge in [-0.3, -0.25) is 28.8 Å². The lowest BCUT2D eigenvalue weighted by Gasteiger charge is -2.28. The number of ketones is 3. The fraction of sp³-hybridized carbons (Fsp3) is 0.475. The van der Waals surface area contributed by atoms with Gasteiger partial charge in [0.1, 0.15) is 28.2 Å². The van der Waals surface area contributed by atoms with Gasteiger partial charge in [0.05, 0.1) is 63.7 Å². The van der Waals surface area contributed by atoms with Gasteiger partial charge in [-0.1, -0.05) is 360 Å². The molecule has 6 unspecified atom stereocenters. The molecule has 19 heteroatoms. The molecule has 8 aromatic carbocycles. The minimum Gasteiger partial charge on any atom is -0.481 e. The van der Waals surface area contributed by atoms with Gasteiger partial charge >= 0.3 is 11.9 Å². The van der Waals surface area contributed by atoms with Crippen molar-refractivity contribution >= 4 is 57.6 Å². The third-order valence-corrected chi connectivity index (χ3v) is 26.6. The molecule has 0 radical (unpaired) electrons. The number of primary amides is 1. The van der Waals surface area contributed by atoms with Crippen LogP contribution in [0.25, 0.3) is 0 Å². The van der Waals surface area contributed by atoms with Crippen LogP contribution >= 0.6 is 0 Å². The molecule has 2 heterocycles. The summed E-state index contributed by atoms with van der Waals surface area (Å²) >= 11 is 0. The van der Waals surface area contributed by atoms with Crippen molar-refractivity contribution < 1.29 is 77.7 Å². The first-order valence-electron chi connectivity index (χ1n) is 50.7. The predicted molar refractivity (Wildman–Crippen MR) is 565 cm³/mol. The zero-order valence-electron chi connectivity index (χ0n) is 84.2. The molecule has 10 rings (SSSR count). The first-order chi connectivity index (χ1) is 67.1. The summed E-state index contributed by atoms with van der Waals surface area (Å²) in [7, 11) is -0.967. The number of nitrogens with two attached hydrogens (primary N) is 1. The average Bonchev–Trinajstić information content (AvgIpc) is 1.68. The topological polar surface area (TPSA) is 273 Å². The summed E-state index contributed by atoms with van der Waals surface area (Å²) < 4.78 is 28.7. The predicted octanol–water partition coefficient (Wildman–Crippen LogP) is 24.2. The summed E-state index contributed by atoms with van der Waals surface area (Å²) in [5.41, 5.74) is 23.1. The van der Waals surface area contributed by atoms with Crippen molar-refractivity contribution in [3.8, 4) is 47.6 Å². The molecule has 8 aromatic rings. The molecule has 0 aromatic heterocycles. The highest BCUT2D eigenvalue weighted by Crippen LogP contribution is 2.41. The van der Waals surface area contributed by atoms with Crippen molar-refractivity contribution in [2.45, 2.75) is 314 Å². The zero-order valence-corrected chi connectivity index (χ0v) is 86.2. The van der Waals surface area contributed by atoms with Crippen LogP contribution in [0, 0.1) is 65.4 Å². The number of carboxylic acid groups (broad SMARTS) is 1. The smallest absolute Gasteiger partial charge is 0.309 e. The number of amides is 1. The van der Waals surface area contributed by atoms with E-state index in [0.29, 0.717) is 106 Å². The van der Waals surface area contributed by atoms with Gasteiger partial charge in [0, 0.05) is 89.0 Å². The number of aliphatic hydroxyl groups excluding tert-OH is 3. The van der Waals surface area contributed by atoms with Crippen LogP contribution in [0.15, 0.2) is 218 Å². The molecule has 0 bridgehead atoms. The van der Waals surface area contributed by atoms with Gasteiger partial charge in [0.25, 0.3) is 0 Å². The lowest BCUT2D eigenvalue weighted by Crippen LogP contribution is -2.33. The third kappa shape index (κ3) is 45.6. The van der Waals surface area contributed by atoms with E-state index in [0.717, 1.165) is 192 Å². The number of carbonyl (C=O) groups is 7. The number of aliphatic hydroxyl groups is 3. The van der Waals surface area contributed by atoms with Crippen LogP contribution in [0.5, 0.6) is 0 Å². The van der Waals surface area contributed by atoms with Gasteiger partial charge in [-0.15, -0.1) is 47.6 Å². The summed E-state index contributed by atoms with van der Waals surface area (Å²) in [6.45, 7) is 17.6. The maximum Gasteiger partial charge on any atom is 0.309 e. The number of ether oxygens (including phenoxy) is 5. The van der Waals surface area contributed by atoms with Crippen LogP contribution in [0.3, 0.4) is 0 Å². The molecule has 2 aliphatic heterocycles. The molecule has 17 nitrogen and oxygen atoms in total. The van der Waals surface area contributed by atoms with E-state index in [2.05, 4.69) is 103 Å². The molecule has 2 saturated heterocycles. The Morgan fingerprint density at radius 3 is 1.00 bits per heavy atom. The van der Waals surface area contributed by atoms with Gasteiger partial charge in [0.2, 0.25) is 17.5 Å². The Morgan fingerprint density at radius 2 is 0.669 bits per heavy atom. The van der Waals surface area contributed by atoms with Crippen LogP contribution in [0.1, 0.15) is 295 Å². The lowest BCUT2D eigenvalue weighted by molar-refractivity contribution is -0.146. The second-order valence-electron chi connectivity index (χ2n) is 38.4. The fourth-order valence-corrected chi connectivity index (χ4v) is 18.1. The normalized spacial score (nSPS) is 14.1. The van der Waals surface area contributed by atoms with Gasteiger partial charge in [-0.2, -0.15) is 0 Å². The Bertz CT molecular complexity index is 4900. The Kier molecular flexibility index (Phi) is 56.2. The lowest BCUT2D eigenvalue weighted by atomic mass is 9.88. The maximum absolute atomic E-state index is 12.5. The quantitative estimate of drug-likeness (QED) is 0.00592. The molecule has 6 N–H and O–H groups in total. The minimum atomic E-state index is -1.25. The molecule has 0 spiro atoms. The van der Waals surface area contributed by atoms with Gasteiger partial charge in [-0.05, 0) is 125 Å². The molecule has 139 heavy (non-hydrogen) atoms. The second-order valence-corrected chi connectivity index (χ2v) is 47.9. The number of hydrogen-bond donors (Lipinski definition) is 5. The molecule has 2 aliphatic rings. The number of benzene rings is 8. The van der Waals surface area contributed by atoms with Crippen molar-refractivity contribution in [3.05, 3.63) is 285 Å². The van der Waals surface area contributed by atoms with E-state index in [1.807, 2.05) is 158 Å². The average molecular weight is 1930 g/mol. The van der Waals surface area contributed by atoms with E-state index in [1.54, 1.807) is 43.3 Å². The van der Waals surface area contributed by atoms with Crippen molar-refractivity contribution in [3.63, 3.8) is 0 Å². The summed E-state index contributed by atoms with van der Waals surface area (Å²) in [5.74, 6) is 7.27.